The van der Waals surface area contributed by atoms with Crippen LogP contribution in [0.25, 0.3) is 0 Å². The normalized spacial score (nSPS) is 9.21. The van der Waals surface area contributed by atoms with Crippen molar-refractivity contribution in [3.8, 4) is 5.75 Å². The molecule has 0 saturated carbocycles. The van der Waals surface area contributed by atoms with Gasteiger partial charge in [-0.1, -0.05) is 0 Å². The van der Waals surface area contributed by atoms with E-state index in [1.165, 1.54) is 0 Å². The number of ether oxygens (including phenoxy) is 1. The van der Waals surface area contributed by atoms with Crippen LogP contribution in [0.2, 0.25) is 0 Å². The maximum atomic E-state index is 10.8. The Kier molecular flexibility index (Phi) is 3.67. The fraction of sp³-hybridized carbons (Fsp3) is 0.200. The average molecular weight is 193 g/mol. The van der Waals surface area contributed by atoms with E-state index in [1.807, 2.05) is 0 Å². The summed E-state index contributed by atoms with van der Waals surface area (Å²) in [6, 6.07) is 6.55. The Morgan fingerprint density at radius 1 is 1.43 bits per heavy atom. The van der Waals surface area contributed by atoms with Gasteiger partial charge in [-0.15, -0.1) is 0 Å². The fourth-order valence-corrected chi connectivity index (χ4v) is 0.864. The van der Waals surface area contributed by atoms with E-state index in [2.05, 4.69) is 5.32 Å². The van der Waals surface area contributed by atoms with Crippen LogP contribution in [0.5, 0.6) is 5.75 Å². The van der Waals surface area contributed by atoms with Crippen LogP contribution >= 0.6 is 0 Å². The first kappa shape index (κ1) is 10.2. The minimum Gasteiger partial charge on any atom is -0.484 e. The summed E-state index contributed by atoms with van der Waals surface area (Å²) in [5.74, 6) is 0.378. The number of nitrogens with one attached hydrogen (secondary N) is 1. The van der Waals surface area contributed by atoms with Crippen molar-refractivity contribution in [1.29, 1.82) is 0 Å². The van der Waals surface area contributed by atoms with Crippen molar-refractivity contribution in [3.05, 3.63) is 29.8 Å². The van der Waals surface area contributed by atoms with E-state index in [9.17, 15) is 9.59 Å². The van der Waals surface area contributed by atoms with Gasteiger partial charge in [0.05, 0.1) is 0 Å². The van der Waals surface area contributed by atoms with Crippen LogP contribution in [-0.2, 0) is 4.79 Å². The number of amides is 1. The van der Waals surface area contributed by atoms with Gasteiger partial charge in [-0.2, -0.15) is 0 Å². The van der Waals surface area contributed by atoms with Gasteiger partial charge < -0.3 is 10.1 Å². The Morgan fingerprint density at radius 3 is 2.57 bits per heavy atom. The third-order valence-electron chi connectivity index (χ3n) is 1.66. The SMILES string of the molecule is CNC(=O)COc1ccc(C=O)cc1. The summed E-state index contributed by atoms with van der Waals surface area (Å²) < 4.78 is 5.13. The van der Waals surface area contributed by atoms with Crippen molar-refractivity contribution in [2.45, 2.75) is 0 Å². The van der Waals surface area contributed by atoms with E-state index in [4.69, 9.17) is 4.74 Å². The largest absolute Gasteiger partial charge is 0.484 e. The summed E-state index contributed by atoms with van der Waals surface area (Å²) in [7, 11) is 1.54. The molecule has 14 heavy (non-hydrogen) atoms. The van der Waals surface area contributed by atoms with Gasteiger partial charge in [0.15, 0.2) is 6.61 Å². The highest BCUT2D eigenvalue weighted by molar-refractivity contribution is 5.77. The van der Waals surface area contributed by atoms with Crippen LogP contribution in [0.1, 0.15) is 10.4 Å². The fourth-order valence-electron chi connectivity index (χ4n) is 0.864. The summed E-state index contributed by atoms with van der Waals surface area (Å²) in [6.45, 7) is -0.0169. The lowest BCUT2D eigenvalue weighted by atomic mass is 10.2. The zero-order valence-electron chi connectivity index (χ0n) is 7.82. The molecule has 0 spiro atoms. The number of carbonyl (C=O) groups excluding carboxylic acids is 2. The van der Waals surface area contributed by atoms with Gasteiger partial charge in [0, 0.05) is 12.6 Å². The summed E-state index contributed by atoms with van der Waals surface area (Å²) in [5.41, 5.74) is 0.581. The van der Waals surface area contributed by atoms with Gasteiger partial charge in [0.1, 0.15) is 12.0 Å². The number of hydrogen-bond acceptors (Lipinski definition) is 3. The number of benzene rings is 1. The minimum atomic E-state index is -0.190. The van der Waals surface area contributed by atoms with Crippen molar-refractivity contribution >= 4 is 12.2 Å². The molecule has 0 atom stereocenters. The van der Waals surface area contributed by atoms with Gasteiger partial charge >= 0.3 is 0 Å². The predicted octanol–water partition coefficient (Wildman–Crippen LogP) is 0.624. The van der Waals surface area contributed by atoms with Crippen molar-refractivity contribution in [1.82, 2.24) is 5.32 Å². The summed E-state index contributed by atoms with van der Waals surface area (Å²) >= 11 is 0. The van der Waals surface area contributed by atoms with Crippen LogP contribution in [-0.4, -0.2) is 25.8 Å². The Bertz CT molecular complexity index is 319. The second kappa shape index (κ2) is 5.01. The molecule has 0 aliphatic rings. The lowest BCUT2D eigenvalue weighted by molar-refractivity contribution is -0.122. The molecule has 0 saturated heterocycles. The van der Waals surface area contributed by atoms with E-state index in [0.717, 1.165) is 6.29 Å². The molecule has 0 fully saturated rings. The maximum absolute atomic E-state index is 10.8. The minimum absolute atomic E-state index is 0.0169. The Morgan fingerprint density at radius 2 is 2.07 bits per heavy atom. The molecule has 0 aromatic heterocycles. The highest BCUT2D eigenvalue weighted by Gasteiger charge is 1.99. The smallest absolute Gasteiger partial charge is 0.257 e. The monoisotopic (exact) mass is 193 g/mol. The van der Waals surface area contributed by atoms with Crippen LogP contribution in [0.15, 0.2) is 24.3 Å². The molecule has 0 bridgehead atoms. The highest BCUT2D eigenvalue weighted by atomic mass is 16.5. The van der Waals surface area contributed by atoms with E-state index in [0.29, 0.717) is 11.3 Å². The Hall–Kier alpha value is -1.84. The zero-order chi connectivity index (χ0) is 10.4. The van der Waals surface area contributed by atoms with Crippen LogP contribution in [0.4, 0.5) is 0 Å². The van der Waals surface area contributed by atoms with Gasteiger partial charge in [0.2, 0.25) is 0 Å². The van der Waals surface area contributed by atoms with Crippen molar-refractivity contribution in [2.24, 2.45) is 0 Å². The summed E-state index contributed by atoms with van der Waals surface area (Å²) in [6.07, 6.45) is 0.753. The zero-order valence-corrected chi connectivity index (χ0v) is 7.82. The van der Waals surface area contributed by atoms with Gasteiger partial charge in [-0.3, -0.25) is 9.59 Å². The molecule has 1 N–H and O–H groups in total. The lowest BCUT2D eigenvalue weighted by Gasteiger charge is -2.04. The molecular formula is C10H11NO3. The number of aldehydes is 1. The first-order chi connectivity index (χ1) is 6.76. The van der Waals surface area contributed by atoms with E-state index in [1.54, 1.807) is 31.3 Å². The van der Waals surface area contributed by atoms with Gasteiger partial charge in [-0.05, 0) is 24.3 Å². The van der Waals surface area contributed by atoms with Crippen molar-refractivity contribution in [3.63, 3.8) is 0 Å². The van der Waals surface area contributed by atoms with Crippen LogP contribution < -0.4 is 10.1 Å². The van der Waals surface area contributed by atoms with Gasteiger partial charge in [-0.25, -0.2) is 0 Å². The Labute approximate surface area is 81.9 Å². The molecule has 1 rings (SSSR count). The standard InChI is InChI=1S/C10H11NO3/c1-11-10(13)7-14-9-4-2-8(6-12)3-5-9/h2-6H,7H2,1H3,(H,11,13). The molecule has 1 aromatic rings. The molecule has 0 radical (unpaired) electrons. The molecule has 0 aliphatic carbocycles. The van der Waals surface area contributed by atoms with Crippen molar-refractivity contribution in [2.75, 3.05) is 13.7 Å². The number of hydrogen-bond donors (Lipinski definition) is 1. The van der Waals surface area contributed by atoms with Crippen LogP contribution in [0.3, 0.4) is 0 Å². The molecule has 0 heterocycles. The van der Waals surface area contributed by atoms with Crippen LogP contribution in [0, 0.1) is 0 Å². The second-order valence-corrected chi connectivity index (χ2v) is 2.65. The molecule has 4 nitrogen and oxygen atoms in total. The number of carbonyl (C=O) groups is 2. The molecule has 1 aromatic carbocycles. The summed E-state index contributed by atoms with van der Waals surface area (Å²) in [5, 5.41) is 2.44. The highest BCUT2D eigenvalue weighted by Crippen LogP contribution is 2.10. The van der Waals surface area contributed by atoms with E-state index >= 15 is 0 Å². The number of likely N-dealkylation sites (N-methyl/N-ethyl adjacent to an activating group) is 1. The van der Waals surface area contributed by atoms with E-state index < -0.39 is 0 Å². The quantitative estimate of drug-likeness (QED) is 0.713. The third kappa shape index (κ3) is 2.90. The topological polar surface area (TPSA) is 55.4 Å². The third-order valence-corrected chi connectivity index (χ3v) is 1.66. The first-order valence-corrected chi connectivity index (χ1v) is 4.15. The first-order valence-electron chi connectivity index (χ1n) is 4.15. The van der Waals surface area contributed by atoms with Gasteiger partial charge in [0.25, 0.3) is 5.91 Å². The molecule has 74 valence electrons. The molecule has 4 heteroatoms. The predicted molar refractivity (Wildman–Crippen MR) is 51.4 cm³/mol. The molecule has 0 aliphatic heterocycles. The Balaban J connectivity index is 2.51. The number of rotatable bonds is 4. The molecular weight excluding hydrogens is 182 g/mol. The summed E-state index contributed by atoms with van der Waals surface area (Å²) in [4.78, 5) is 21.1. The van der Waals surface area contributed by atoms with Crippen molar-refractivity contribution < 1.29 is 14.3 Å². The molecule has 0 unspecified atom stereocenters. The lowest BCUT2D eigenvalue weighted by Crippen LogP contribution is -2.24. The maximum Gasteiger partial charge on any atom is 0.257 e. The van der Waals surface area contributed by atoms with E-state index in [-0.39, 0.29) is 12.5 Å². The molecule has 1 amide bonds. The second-order valence-electron chi connectivity index (χ2n) is 2.65. The average Bonchev–Trinajstić information content (AvgIpc) is 2.26.